The number of carbonyl (C=O) groups excluding carboxylic acids is 3. The second kappa shape index (κ2) is 10.8. The van der Waals surface area contributed by atoms with Gasteiger partial charge in [0.1, 0.15) is 5.75 Å². The Bertz CT molecular complexity index is 1180. The van der Waals surface area contributed by atoms with Gasteiger partial charge in [-0.3, -0.25) is 14.4 Å². The Morgan fingerprint density at radius 1 is 0.788 bits per heavy atom. The summed E-state index contributed by atoms with van der Waals surface area (Å²) >= 11 is 0. The first-order valence-corrected chi connectivity index (χ1v) is 10.1. The molecule has 0 atom stereocenters. The lowest BCUT2D eigenvalue weighted by Crippen LogP contribution is -2.23. The van der Waals surface area contributed by atoms with Gasteiger partial charge in [-0.2, -0.15) is 0 Å². The fraction of sp³-hybridized carbons (Fsp3) is 0.160. The van der Waals surface area contributed by atoms with Crippen LogP contribution in [0.5, 0.6) is 17.2 Å². The van der Waals surface area contributed by atoms with Crippen LogP contribution in [0.3, 0.4) is 0 Å². The molecule has 33 heavy (non-hydrogen) atoms. The van der Waals surface area contributed by atoms with Gasteiger partial charge in [-0.15, -0.1) is 0 Å². The second-order valence-corrected chi connectivity index (χ2v) is 7.03. The van der Waals surface area contributed by atoms with Crippen LogP contribution in [-0.4, -0.2) is 32.0 Å². The van der Waals surface area contributed by atoms with E-state index >= 15 is 0 Å². The molecule has 3 aromatic rings. The first kappa shape index (κ1) is 23.3. The van der Waals surface area contributed by atoms with Crippen molar-refractivity contribution in [2.75, 3.05) is 19.5 Å². The molecule has 3 rings (SSSR count). The van der Waals surface area contributed by atoms with Crippen LogP contribution in [0.25, 0.3) is 0 Å². The Kier molecular flexibility index (Phi) is 7.64. The lowest BCUT2D eigenvalue weighted by molar-refractivity contribution is -0.131. The smallest absolute Gasteiger partial charge is 0.308 e. The van der Waals surface area contributed by atoms with Crippen LogP contribution in [0.1, 0.15) is 33.2 Å². The van der Waals surface area contributed by atoms with Crippen LogP contribution < -0.4 is 24.8 Å². The van der Waals surface area contributed by atoms with Crippen molar-refractivity contribution in [3.8, 4) is 17.2 Å². The van der Waals surface area contributed by atoms with Gasteiger partial charge in [0.2, 0.25) is 0 Å². The van der Waals surface area contributed by atoms with E-state index in [4.69, 9.17) is 14.2 Å². The number of rotatable bonds is 8. The summed E-state index contributed by atoms with van der Waals surface area (Å²) in [7, 11) is 3.03. The number of anilines is 1. The first-order valence-electron chi connectivity index (χ1n) is 10.1. The molecule has 2 amide bonds. The van der Waals surface area contributed by atoms with Crippen molar-refractivity contribution in [1.82, 2.24) is 5.32 Å². The highest BCUT2D eigenvalue weighted by Gasteiger charge is 2.12. The van der Waals surface area contributed by atoms with E-state index in [0.29, 0.717) is 34.1 Å². The summed E-state index contributed by atoms with van der Waals surface area (Å²) in [4.78, 5) is 36.2. The maximum atomic E-state index is 12.6. The Hall–Kier alpha value is -4.33. The lowest BCUT2D eigenvalue weighted by atomic mass is 10.1. The van der Waals surface area contributed by atoms with E-state index in [-0.39, 0.29) is 18.4 Å². The van der Waals surface area contributed by atoms with Crippen molar-refractivity contribution in [2.45, 2.75) is 13.5 Å². The van der Waals surface area contributed by atoms with E-state index < -0.39 is 5.97 Å². The van der Waals surface area contributed by atoms with Crippen LogP contribution in [-0.2, 0) is 11.3 Å². The fourth-order valence-electron chi connectivity index (χ4n) is 3.09. The first-order chi connectivity index (χ1) is 15.9. The molecule has 170 valence electrons. The van der Waals surface area contributed by atoms with Crippen molar-refractivity contribution >= 4 is 23.5 Å². The average molecular weight is 448 g/mol. The quantitative estimate of drug-likeness (QED) is 0.401. The van der Waals surface area contributed by atoms with Crippen molar-refractivity contribution in [1.29, 1.82) is 0 Å². The summed E-state index contributed by atoms with van der Waals surface area (Å²) in [6.45, 7) is 1.54. The number of nitrogens with one attached hydrogen (secondary N) is 2. The predicted molar refractivity (Wildman–Crippen MR) is 123 cm³/mol. The van der Waals surface area contributed by atoms with Gasteiger partial charge in [0, 0.05) is 30.3 Å². The largest absolute Gasteiger partial charge is 0.493 e. The summed E-state index contributed by atoms with van der Waals surface area (Å²) in [5, 5.41) is 5.65. The molecule has 0 radical (unpaired) electrons. The Morgan fingerprint density at radius 3 is 2.24 bits per heavy atom. The van der Waals surface area contributed by atoms with Crippen molar-refractivity contribution < 1.29 is 28.6 Å². The third kappa shape index (κ3) is 6.33. The highest BCUT2D eigenvalue weighted by Crippen LogP contribution is 2.28. The molecule has 0 unspecified atom stereocenters. The zero-order valence-corrected chi connectivity index (χ0v) is 18.5. The number of ether oxygens (including phenoxy) is 3. The Balaban J connectivity index is 1.63. The molecule has 0 aliphatic rings. The predicted octanol–water partition coefficient (Wildman–Crippen LogP) is 3.81. The SMILES string of the molecule is COc1ccc(C(=O)Nc2cccc(CNC(=O)c3cccc(OC(C)=O)c3)c2)cc1OC. The Labute approximate surface area is 191 Å². The maximum absolute atomic E-state index is 12.6. The van der Waals surface area contributed by atoms with Gasteiger partial charge in [0.05, 0.1) is 14.2 Å². The molecule has 8 heteroatoms. The van der Waals surface area contributed by atoms with Gasteiger partial charge in [0.15, 0.2) is 11.5 Å². The van der Waals surface area contributed by atoms with E-state index in [9.17, 15) is 14.4 Å². The minimum Gasteiger partial charge on any atom is -0.493 e. The monoisotopic (exact) mass is 448 g/mol. The van der Waals surface area contributed by atoms with E-state index in [2.05, 4.69) is 10.6 Å². The van der Waals surface area contributed by atoms with Crippen LogP contribution in [0.15, 0.2) is 66.7 Å². The lowest BCUT2D eigenvalue weighted by Gasteiger charge is -2.11. The van der Waals surface area contributed by atoms with Crippen LogP contribution in [0.2, 0.25) is 0 Å². The maximum Gasteiger partial charge on any atom is 0.308 e. The molecule has 0 heterocycles. The molecule has 0 saturated carbocycles. The normalized spacial score (nSPS) is 10.2. The highest BCUT2D eigenvalue weighted by molar-refractivity contribution is 6.04. The van der Waals surface area contributed by atoms with E-state index in [1.165, 1.54) is 27.2 Å². The minimum atomic E-state index is -0.459. The average Bonchev–Trinajstić information content (AvgIpc) is 2.82. The summed E-state index contributed by atoms with van der Waals surface area (Å²) < 4.78 is 15.4. The van der Waals surface area contributed by atoms with Gasteiger partial charge in [-0.25, -0.2) is 0 Å². The van der Waals surface area contributed by atoms with E-state index in [1.807, 2.05) is 6.07 Å². The molecule has 3 aromatic carbocycles. The molecule has 0 bridgehead atoms. The van der Waals surface area contributed by atoms with Gasteiger partial charge < -0.3 is 24.8 Å². The Morgan fingerprint density at radius 2 is 1.52 bits per heavy atom. The van der Waals surface area contributed by atoms with Crippen molar-refractivity contribution in [2.24, 2.45) is 0 Å². The molecular weight excluding hydrogens is 424 g/mol. The van der Waals surface area contributed by atoms with Crippen LogP contribution in [0, 0.1) is 0 Å². The van der Waals surface area contributed by atoms with E-state index in [1.54, 1.807) is 54.6 Å². The molecule has 0 fully saturated rings. The van der Waals surface area contributed by atoms with Crippen molar-refractivity contribution in [3.05, 3.63) is 83.4 Å². The number of methoxy groups -OCH3 is 2. The number of hydrogen-bond acceptors (Lipinski definition) is 6. The molecule has 0 aliphatic heterocycles. The molecule has 8 nitrogen and oxygen atoms in total. The molecule has 0 aromatic heterocycles. The van der Waals surface area contributed by atoms with E-state index in [0.717, 1.165) is 5.56 Å². The van der Waals surface area contributed by atoms with Gasteiger partial charge >= 0.3 is 5.97 Å². The number of hydrogen-bond donors (Lipinski definition) is 2. The standard InChI is InChI=1S/C25H24N2O6/c1-16(28)33-21-9-5-7-18(13-21)24(29)26-15-17-6-4-8-20(12-17)27-25(30)19-10-11-22(31-2)23(14-19)32-3/h4-14H,15H2,1-3H3,(H,26,29)(H,27,30). The van der Waals surface area contributed by atoms with Crippen molar-refractivity contribution in [3.63, 3.8) is 0 Å². The zero-order valence-electron chi connectivity index (χ0n) is 18.5. The molecule has 0 aliphatic carbocycles. The van der Waals surface area contributed by atoms with Gasteiger partial charge in [-0.1, -0.05) is 18.2 Å². The topological polar surface area (TPSA) is 103 Å². The summed E-state index contributed by atoms with van der Waals surface area (Å²) in [6.07, 6.45) is 0. The number of esters is 1. The number of benzene rings is 3. The fourth-order valence-corrected chi connectivity index (χ4v) is 3.09. The highest BCUT2D eigenvalue weighted by atomic mass is 16.5. The van der Waals surface area contributed by atoms with Gasteiger partial charge in [-0.05, 0) is 54.1 Å². The van der Waals surface area contributed by atoms with Crippen LogP contribution in [0.4, 0.5) is 5.69 Å². The molecule has 0 spiro atoms. The number of amides is 2. The van der Waals surface area contributed by atoms with Crippen LogP contribution >= 0.6 is 0 Å². The second-order valence-electron chi connectivity index (χ2n) is 7.03. The molecule has 2 N–H and O–H groups in total. The third-order valence-electron chi connectivity index (χ3n) is 4.64. The summed E-state index contributed by atoms with van der Waals surface area (Å²) in [5.41, 5.74) is 2.16. The number of carbonyl (C=O) groups is 3. The minimum absolute atomic E-state index is 0.247. The summed E-state index contributed by atoms with van der Waals surface area (Å²) in [5.74, 6) is 0.210. The summed E-state index contributed by atoms with van der Waals surface area (Å²) in [6, 6.07) is 18.4. The zero-order chi connectivity index (χ0) is 23.8. The molecule has 0 saturated heterocycles. The molecular formula is C25H24N2O6. The third-order valence-corrected chi connectivity index (χ3v) is 4.64. The van der Waals surface area contributed by atoms with Gasteiger partial charge in [0.25, 0.3) is 11.8 Å².